The first kappa shape index (κ1) is 18.5. The number of aliphatic hydroxyl groups excluding tert-OH is 1. The lowest BCUT2D eigenvalue weighted by molar-refractivity contribution is 0.283. The molecule has 0 aromatic heterocycles. The molecule has 0 amide bonds. The fourth-order valence-corrected chi connectivity index (χ4v) is 0.539. The Morgan fingerprint density at radius 2 is 1.46 bits per heavy atom. The average Bonchev–Trinajstić information content (AvgIpc) is 1.85. The van der Waals surface area contributed by atoms with Crippen LogP contribution in [0, 0.1) is 0 Å². The summed E-state index contributed by atoms with van der Waals surface area (Å²) in [5.74, 6) is 0. The van der Waals surface area contributed by atoms with Crippen molar-refractivity contribution in [1.29, 1.82) is 0 Å². The monoisotopic (exact) mass is 217 g/mol. The zero-order valence-corrected chi connectivity index (χ0v) is 8.63. The second-order valence-electron chi connectivity index (χ2n) is 2.23. The SMILES string of the molecule is CCCCCCO.N.O=S(=O)(O)O. The second-order valence-corrected chi connectivity index (χ2v) is 3.13. The molecule has 0 bridgehead atoms. The van der Waals surface area contributed by atoms with Crippen molar-refractivity contribution in [2.24, 2.45) is 0 Å². The molecule has 7 heteroatoms. The van der Waals surface area contributed by atoms with E-state index < -0.39 is 10.4 Å². The van der Waals surface area contributed by atoms with Gasteiger partial charge in [0.05, 0.1) is 0 Å². The van der Waals surface area contributed by atoms with Crippen molar-refractivity contribution in [2.45, 2.75) is 32.6 Å². The summed E-state index contributed by atoms with van der Waals surface area (Å²) in [6.45, 7) is 2.53. The minimum absolute atomic E-state index is 0. The second kappa shape index (κ2) is 11.8. The first-order chi connectivity index (χ1) is 5.41. The van der Waals surface area contributed by atoms with Crippen molar-refractivity contribution in [3.63, 3.8) is 0 Å². The summed E-state index contributed by atoms with van der Waals surface area (Å²) >= 11 is 0. The highest BCUT2D eigenvalue weighted by Crippen LogP contribution is 1.95. The van der Waals surface area contributed by atoms with E-state index in [9.17, 15) is 0 Å². The molecule has 6 nitrogen and oxygen atoms in total. The Kier molecular flexibility index (Phi) is 16.8. The fraction of sp³-hybridized carbons (Fsp3) is 1.00. The summed E-state index contributed by atoms with van der Waals surface area (Å²) in [6, 6.07) is 0. The molecule has 0 unspecified atom stereocenters. The number of hydrogen-bond acceptors (Lipinski definition) is 4. The third-order valence-electron chi connectivity index (χ3n) is 1.01. The van der Waals surface area contributed by atoms with Gasteiger partial charge in [-0.15, -0.1) is 0 Å². The molecule has 84 valence electrons. The maximum Gasteiger partial charge on any atom is 0.394 e. The zero-order chi connectivity index (χ0) is 10.0. The van der Waals surface area contributed by atoms with Gasteiger partial charge in [0.2, 0.25) is 0 Å². The van der Waals surface area contributed by atoms with E-state index in [2.05, 4.69) is 6.92 Å². The van der Waals surface area contributed by atoms with Crippen LogP contribution in [0.1, 0.15) is 32.6 Å². The summed E-state index contributed by atoms with van der Waals surface area (Å²) < 4.78 is 31.6. The Hall–Kier alpha value is -0.210. The molecule has 0 aliphatic rings. The molecule has 0 aliphatic carbocycles. The smallest absolute Gasteiger partial charge is 0.394 e. The first-order valence-corrected chi connectivity index (χ1v) is 5.12. The highest BCUT2D eigenvalue weighted by Gasteiger charge is 1.84. The van der Waals surface area contributed by atoms with E-state index in [0.29, 0.717) is 6.61 Å². The molecule has 0 rings (SSSR count). The minimum atomic E-state index is -4.67. The lowest BCUT2D eigenvalue weighted by Crippen LogP contribution is -1.89. The van der Waals surface area contributed by atoms with Gasteiger partial charge in [0, 0.05) is 6.61 Å². The quantitative estimate of drug-likeness (QED) is 0.411. The Morgan fingerprint density at radius 3 is 1.69 bits per heavy atom. The highest BCUT2D eigenvalue weighted by molar-refractivity contribution is 7.79. The maximum atomic E-state index is 8.74. The van der Waals surface area contributed by atoms with Gasteiger partial charge in [-0.3, -0.25) is 9.11 Å². The fourth-order valence-electron chi connectivity index (χ4n) is 0.539. The topological polar surface area (TPSA) is 130 Å². The summed E-state index contributed by atoms with van der Waals surface area (Å²) in [7, 11) is -4.67. The van der Waals surface area contributed by atoms with Crippen LogP contribution in [-0.4, -0.2) is 29.2 Å². The molecule has 0 radical (unpaired) electrons. The van der Waals surface area contributed by atoms with Crippen molar-refractivity contribution in [3.05, 3.63) is 0 Å². The maximum absolute atomic E-state index is 8.74. The van der Waals surface area contributed by atoms with Gasteiger partial charge < -0.3 is 11.3 Å². The predicted octanol–water partition coefficient (Wildman–Crippen LogP) is 1.07. The van der Waals surface area contributed by atoms with E-state index in [1.54, 1.807) is 0 Å². The van der Waals surface area contributed by atoms with Crippen LogP contribution in [0.2, 0.25) is 0 Å². The summed E-state index contributed by atoms with van der Waals surface area (Å²) in [4.78, 5) is 0. The molecular formula is C6H19NO5S. The standard InChI is InChI=1S/C6H14O.H3N.H2O4S/c1-2-3-4-5-6-7;;1-5(2,3)4/h7H,2-6H2,1H3;1H3;(H2,1,2,3,4). The van der Waals surface area contributed by atoms with Crippen molar-refractivity contribution in [1.82, 2.24) is 6.15 Å². The molecule has 6 N–H and O–H groups in total. The largest absolute Gasteiger partial charge is 0.396 e. The number of hydrogen-bond donors (Lipinski definition) is 4. The molecule has 0 heterocycles. The molecular weight excluding hydrogens is 198 g/mol. The van der Waals surface area contributed by atoms with Crippen molar-refractivity contribution < 1.29 is 22.6 Å². The Balaban J connectivity index is -0.000000150. The van der Waals surface area contributed by atoms with Crippen LogP contribution in [0.5, 0.6) is 0 Å². The summed E-state index contributed by atoms with van der Waals surface area (Å²) in [5, 5.41) is 8.29. The van der Waals surface area contributed by atoms with Crippen LogP contribution in [0.4, 0.5) is 0 Å². The van der Waals surface area contributed by atoms with E-state index >= 15 is 0 Å². The molecule has 0 atom stereocenters. The summed E-state index contributed by atoms with van der Waals surface area (Å²) in [5.41, 5.74) is 0. The number of aliphatic hydroxyl groups is 1. The molecule has 0 aromatic carbocycles. The van der Waals surface area contributed by atoms with E-state index in [-0.39, 0.29) is 6.15 Å². The third-order valence-corrected chi connectivity index (χ3v) is 1.01. The van der Waals surface area contributed by atoms with Crippen LogP contribution < -0.4 is 6.15 Å². The van der Waals surface area contributed by atoms with Crippen molar-refractivity contribution in [2.75, 3.05) is 6.61 Å². The molecule has 0 saturated carbocycles. The van der Waals surface area contributed by atoms with E-state index in [1.165, 1.54) is 19.3 Å². The molecule has 0 fully saturated rings. The third kappa shape index (κ3) is 78.7. The van der Waals surface area contributed by atoms with Crippen LogP contribution in [-0.2, 0) is 10.4 Å². The van der Waals surface area contributed by atoms with Gasteiger partial charge in [0.1, 0.15) is 0 Å². The van der Waals surface area contributed by atoms with E-state index in [4.69, 9.17) is 22.6 Å². The van der Waals surface area contributed by atoms with Gasteiger partial charge in [0.25, 0.3) is 0 Å². The Labute approximate surface area is 79.1 Å². The van der Waals surface area contributed by atoms with Crippen LogP contribution in [0.25, 0.3) is 0 Å². The average molecular weight is 217 g/mol. The van der Waals surface area contributed by atoms with Crippen LogP contribution in [0.15, 0.2) is 0 Å². The van der Waals surface area contributed by atoms with Gasteiger partial charge in [-0.2, -0.15) is 8.42 Å². The van der Waals surface area contributed by atoms with Gasteiger partial charge >= 0.3 is 10.4 Å². The zero-order valence-electron chi connectivity index (χ0n) is 7.81. The summed E-state index contributed by atoms with van der Waals surface area (Å²) in [6.07, 6.45) is 4.68. The highest BCUT2D eigenvalue weighted by atomic mass is 32.3. The van der Waals surface area contributed by atoms with Crippen LogP contribution >= 0.6 is 0 Å². The lowest BCUT2D eigenvalue weighted by atomic mass is 10.2. The van der Waals surface area contributed by atoms with Gasteiger partial charge in [-0.05, 0) is 6.42 Å². The van der Waals surface area contributed by atoms with E-state index in [1.807, 2.05) is 0 Å². The molecule has 13 heavy (non-hydrogen) atoms. The normalized spacial score (nSPS) is 9.54. The van der Waals surface area contributed by atoms with Gasteiger partial charge in [-0.1, -0.05) is 26.2 Å². The molecule has 0 spiro atoms. The molecule has 0 aromatic rings. The number of unbranched alkanes of at least 4 members (excludes halogenated alkanes) is 3. The first-order valence-electron chi connectivity index (χ1n) is 3.72. The Morgan fingerprint density at radius 1 is 1.08 bits per heavy atom. The van der Waals surface area contributed by atoms with Crippen molar-refractivity contribution in [3.8, 4) is 0 Å². The van der Waals surface area contributed by atoms with E-state index in [0.717, 1.165) is 6.42 Å². The Bertz CT molecular complexity index is 156. The lowest BCUT2D eigenvalue weighted by Gasteiger charge is -1.90. The predicted molar refractivity (Wildman–Crippen MR) is 50.4 cm³/mol. The minimum Gasteiger partial charge on any atom is -0.396 e. The van der Waals surface area contributed by atoms with Crippen molar-refractivity contribution >= 4 is 10.4 Å². The molecule has 0 saturated heterocycles. The van der Waals surface area contributed by atoms with Crippen LogP contribution in [0.3, 0.4) is 0 Å². The van der Waals surface area contributed by atoms with Gasteiger partial charge in [0.15, 0.2) is 0 Å². The van der Waals surface area contributed by atoms with Gasteiger partial charge in [-0.25, -0.2) is 0 Å². The number of rotatable bonds is 4. The molecule has 0 aliphatic heterocycles.